The maximum atomic E-state index is 13.1. The molecular weight excluding hydrogens is 393 g/mol. The minimum atomic E-state index is -4.71. The molecule has 2 N–H and O–H groups in total. The predicted molar refractivity (Wildman–Crippen MR) is 96.6 cm³/mol. The number of rotatable bonds is 3. The first kappa shape index (κ1) is 18.2. The third-order valence-corrected chi connectivity index (χ3v) is 5.10. The van der Waals surface area contributed by atoms with Crippen molar-refractivity contribution in [3.05, 3.63) is 65.0 Å². The van der Waals surface area contributed by atoms with E-state index >= 15 is 0 Å². The minimum Gasteiger partial charge on any atom is -0.328 e. The molecule has 28 heavy (non-hydrogen) atoms. The second kappa shape index (κ2) is 6.75. The number of carbonyl (C=O) groups is 1. The lowest BCUT2D eigenvalue weighted by molar-refractivity contribution is -0.145. The van der Waals surface area contributed by atoms with E-state index in [-0.39, 0.29) is 11.6 Å². The van der Waals surface area contributed by atoms with Crippen molar-refractivity contribution in [1.82, 2.24) is 19.7 Å². The normalized spacial score (nSPS) is 19.0. The van der Waals surface area contributed by atoms with E-state index in [1.165, 1.54) is 17.5 Å². The van der Waals surface area contributed by atoms with Gasteiger partial charge in [0.1, 0.15) is 12.0 Å². The van der Waals surface area contributed by atoms with E-state index in [1.807, 2.05) is 0 Å². The molecule has 0 aromatic carbocycles. The number of alkyl halides is 3. The Morgan fingerprint density at radius 2 is 2.14 bits per heavy atom. The number of fused-ring (bicyclic) bond motifs is 1. The van der Waals surface area contributed by atoms with Crippen molar-refractivity contribution < 1.29 is 18.0 Å². The first-order valence-electron chi connectivity index (χ1n) is 8.08. The first-order valence-corrected chi connectivity index (χ1v) is 8.96. The molecule has 0 bridgehead atoms. The molecule has 0 saturated heterocycles. The van der Waals surface area contributed by atoms with Crippen molar-refractivity contribution in [3.63, 3.8) is 0 Å². The van der Waals surface area contributed by atoms with Crippen LogP contribution in [0.25, 0.3) is 0 Å². The Bertz CT molecular complexity index is 1020. The summed E-state index contributed by atoms with van der Waals surface area (Å²) in [5, 5.41) is 10.8. The third-order valence-electron chi connectivity index (χ3n) is 4.16. The van der Waals surface area contributed by atoms with Gasteiger partial charge in [-0.15, -0.1) is 16.4 Å². The summed E-state index contributed by atoms with van der Waals surface area (Å²) in [5.74, 6) is -2.74. The molecule has 0 spiro atoms. The summed E-state index contributed by atoms with van der Waals surface area (Å²) in [6, 6.07) is 5.99. The van der Waals surface area contributed by atoms with Gasteiger partial charge in [0.05, 0.1) is 11.9 Å². The van der Waals surface area contributed by atoms with Gasteiger partial charge in [0.25, 0.3) is 5.82 Å². The number of aromatic nitrogens is 4. The van der Waals surface area contributed by atoms with Crippen molar-refractivity contribution in [1.29, 1.82) is 0 Å². The molecule has 2 unspecified atom stereocenters. The van der Waals surface area contributed by atoms with Crippen LogP contribution in [0.3, 0.4) is 0 Å². The van der Waals surface area contributed by atoms with E-state index < -0.39 is 29.9 Å². The molecule has 0 aliphatic carbocycles. The van der Waals surface area contributed by atoms with Gasteiger partial charge in [-0.25, -0.2) is 4.68 Å². The monoisotopic (exact) mass is 406 g/mol. The topological polar surface area (TPSA) is 84.7 Å². The van der Waals surface area contributed by atoms with Gasteiger partial charge in [-0.1, -0.05) is 12.6 Å². The largest absolute Gasteiger partial charge is 0.453 e. The summed E-state index contributed by atoms with van der Waals surface area (Å²) in [4.78, 5) is 21.1. The number of pyridine rings is 1. The highest BCUT2D eigenvalue weighted by Crippen LogP contribution is 2.41. The van der Waals surface area contributed by atoms with Crippen molar-refractivity contribution in [2.24, 2.45) is 5.92 Å². The first-order chi connectivity index (χ1) is 13.3. The Balaban J connectivity index is 1.76. The van der Waals surface area contributed by atoms with Crippen molar-refractivity contribution in [2.75, 3.05) is 10.6 Å². The fourth-order valence-corrected chi connectivity index (χ4v) is 3.83. The number of anilines is 2. The average molecular weight is 406 g/mol. The standard InChI is InChI=1S/C17H13F3N6OS/c1-9-12(14(27)23-10-4-2-6-21-8-10)13(11-5-3-7-28-11)26-16(22-9)24-15(25-26)17(18,19)20/h2-8,12-13H,1H2,(H,23,27)(H,22,24,25). The molecule has 3 aromatic heterocycles. The summed E-state index contributed by atoms with van der Waals surface area (Å²) >= 11 is 1.31. The summed E-state index contributed by atoms with van der Waals surface area (Å²) in [6.45, 7) is 3.84. The molecule has 11 heteroatoms. The third kappa shape index (κ3) is 3.24. The zero-order valence-electron chi connectivity index (χ0n) is 14.1. The summed E-state index contributed by atoms with van der Waals surface area (Å²) in [6.07, 6.45) is -1.67. The summed E-state index contributed by atoms with van der Waals surface area (Å²) in [5.41, 5.74) is 0.694. The fraction of sp³-hybridized carbons (Fsp3) is 0.176. The maximum Gasteiger partial charge on any atom is 0.453 e. The molecule has 3 aromatic rings. The molecule has 0 saturated carbocycles. The quantitative estimate of drug-likeness (QED) is 0.695. The number of carbonyl (C=O) groups excluding carboxylic acids is 1. The van der Waals surface area contributed by atoms with E-state index in [2.05, 4.69) is 32.3 Å². The van der Waals surface area contributed by atoms with E-state index in [0.717, 1.165) is 4.68 Å². The molecule has 0 radical (unpaired) electrons. The molecule has 1 aliphatic heterocycles. The highest BCUT2D eigenvalue weighted by atomic mass is 32.1. The lowest BCUT2D eigenvalue weighted by atomic mass is 9.92. The fourth-order valence-electron chi connectivity index (χ4n) is 2.98. The Morgan fingerprint density at radius 3 is 2.79 bits per heavy atom. The lowest BCUT2D eigenvalue weighted by Crippen LogP contribution is -2.39. The van der Waals surface area contributed by atoms with Crippen molar-refractivity contribution in [2.45, 2.75) is 12.2 Å². The van der Waals surface area contributed by atoms with Gasteiger partial charge in [-0.2, -0.15) is 18.2 Å². The second-order valence-corrected chi connectivity index (χ2v) is 7.00. The number of amides is 1. The van der Waals surface area contributed by atoms with Crippen LogP contribution in [-0.4, -0.2) is 25.7 Å². The molecule has 4 heterocycles. The average Bonchev–Trinajstić information content (AvgIpc) is 3.30. The molecule has 0 fully saturated rings. The Hall–Kier alpha value is -3.21. The van der Waals surface area contributed by atoms with Crippen LogP contribution in [0.4, 0.5) is 24.8 Å². The van der Waals surface area contributed by atoms with Crippen molar-refractivity contribution in [3.8, 4) is 0 Å². The summed E-state index contributed by atoms with van der Waals surface area (Å²) < 4.78 is 40.4. The van der Waals surface area contributed by atoms with Crippen LogP contribution in [0, 0.1) is 5.92 Å². The van der Waals surface area contributed by atoms with Crippen LogP contribution in [-0.2, 0) is 11.0 Å². The number of halogens is 3. The predicted octanol–water partition coefficient (Wildman–Crippen LogP) is 3.54. The van der Waals surface area contributed by atoms with Gasteiger partial charge in [-0.05, 0) is 23.6 Å². The number of nitrogens with zero attached hydrogens (tertiary/aromatic N) is 4. The zero-order valence-corrected chi connectivity index (χ0v) is 15.0. The van der Waals surface area contributed by atoms with Crippen LogP contribution >= 0.6 is 11.3 Å². The Labute approximate surface area is 160 Å². The number of nitrogens with one attached hydrogen (secondary N) is 2. The summed E-state index contributed by atoms with van der Waals surface area (Å²) in [7, 11) is 0. The van der Waals surface area contributed by atoms with Gasteiger partial charge in [0.15, 0.2) is 0 Å². The minimum absolute atomic E-state index is 0.110. The Kier molecular flexibility index (Phi) is 4.38. The molecule has 144 valence electrons. The van der Waals surface area contributed by atoms with E-state index in [4.69, 9.17) is 0 Å². The molecule has 1 amide bonds. The molecule has 4 rings (SSSR count). The van der Waals surface area contributed by atoms with Crippen LogP contribution in [0.5, 0.6) is 0 Å². The van der Waals surface area contributed by atoms with Crippen LogP contribution in [0.15, 0.2) is 54.3 Å². The van der Waals surface area contributed by atoms with E-state index in [1.54, 1.807) is 35.8 Å². The molecular formula is C17H13F3N6OS. The second-order valence-electron chi connectivity index (χ2n) is 6.02. The number of hydrogen-bond donors (Lipinski definition) is 2. The highest BCUT2D eigenvalue weighted by Gasteiger charge is 2.44. The number of thiophene rings is 1. The van der Waals surface area contributed by atoms with Gasteiger partial charge in [0.2, 0.25) is 11.9 Å². The van der Waals surface area contributed by atoms with Gasteiger partial charge < -0.3 is 10.6 Å². The zero-order chi connectivity index (χ0) is 19.9. The lowest BCUT2D eigenvalue weighted by Gasteiger charge is -2.32. The molecule has 7 nitrogen and oxygen atoms in total. The molecule has 1 aliphatic rings. The smallest absolute Gasteiger partial charge is 0.328 e. The van der Waals surface area contributed by atoms with Gasteiger partial charge >= 0.3 is 6.18 Å². The highest BCUT2D eigenvalue weighted by molar-refractivity contribution is 7.10. The maximum absolute atomic E-state index is 13.1. The van der Waals surface area contributed by atoms with E-state index in [0.29, 0.717) is 10.6 Å². The van der Waals surface area contributed by atoms with Crippen LogP contribution in [0.2, 0.25) is 0 Å². The number of hydrogen-bond acceptors (Lipinski definition) is 6. The molecule has 2 atom stereocenters. The van der Waals surface area contributed by atoms with Crippen LogP contribution < -0.4 is 10.6 Å². The van der Waals surface area contributed by atoms with Gasteiger partial charge in [-0.3, -0.25) is 9.78 Å². The van der Waals surface area contributed by atoms with Gasteiger partial charge in [0, 0.05) is 16.8 Å². The van der Waals surface area contributed by atoms with E-state index in [9.17, 15) is 18.0 Å². The Morgan fingerprint density at radius 1 is 1.32 bits per heavy atom. The van der Waals surface area contributed by atoms with Crippen molar-refractivity contribution >= 4 is 28.9 Å². The van der Waals surface area contributed by atoms with Crippen LogP contribution in [0.1, 0.15) is 16.7 Å². The SMILES string of the molecule is C=C1Nc2nc(C(F)(F)F)nn2C(c2cccs2)C1C(=O)Nc1cccnc1.